The molecule has 4 rings (SSSR count). The highest BCUT2D eigenvalue weighted by Gasteiger charge is 2.15. The van der Waals surface area contributed by atoms with Crippen LogP contribution in [-0.4, -0.2) is 28.4 Å². The maximum Gasteiger partial charge on any atom is 0.270 e. The van der Waals surface area contributed by atoms with E-state index in [4.69, 9.17) is 9.15 Å². The summed E-state index contributed by atoms with van der Waals surface area (Å²) in [5.41, 5.74) is 4.14. The van der Waals surface area contributed by atoms with E-state index in [2.05, 4.69) is 20.6 Å². The largest absolute Gasteiger partial charge is 0.484 e. The highest BCUT2D eigenvalue weighted by atomic mass is 16.5. The Hall–Kier alpha value is -4.46. The van der Waals surface area contributed by atoms with Crippen molar-refractivity contribution < 1.29 is 18.7 Å². The number of benzene rings is 2. The van der Waals surface area contributed by atoms with Crippen molar-refractivity contribution in [3.63, 3.8) is 0 Å². The first-order valence-corrected chi connectivity index (χ1v) is 11.2. The molecule has 0 aliphatic rings. The van der Waals surface area contributed by atoms with Crippen molar-refractivity contribution in [2.45, 2.75) is 27.3 Å². The molecule has 8 heteroatoms. The van der Waals surface area contributed by atoms with Crippen LogP contribution in [0.25, 0.3) is 11.5 Å². The second kappa shape index (κ2) is 10.6. The predicted molar refractivity (Wildman–Crippen MR) is 132 cm³/mol. The molecule has 0 fully saturated rings. The van der Waals surface area contributed by atoms with Crippen molar-refractivity contribution in [2.24, 2.45) is 0 Å². The van der Waals surface area contributed by atoms with Crippen LogP contribution in [0.15, 0.2) is 71.1 Å². The number of aromatic nitrogens is 2. The Bertz CT molecular complexity index is 1350. The third kappa shape index (κ3) is 6.32. The summed E-state index contributed by atoms with van der Waals surface area (Å²) in [6.07, 6.45) is 0. The number of nitrogens with one attached hydrogen (secondary N) is 2. The average molecular weight is 471 g/mol. The lowest BCUT2D eigenvalue weighted by molar-refractivity contribution is -0.118. The summed E-state index contributed by atoms with van der Waals surface area (Å²) < 4.78 is 11.3. The molecule has 2 aromatic heterocycles. The van der Waals surface area contributed by atoms with Crippen molar-refractivity contribution in [2.75, 3.05) is 11.9 Å². The van der Waals surface area contributed by atoms with E-state index in [0.717, 1.165) is 11.3 Å². The third-order valence-electron chi connectivity index (χ3n) is 5.21. The molecule has 0 saturated heterocycles. The lowest BCUT2D eigenvalue weighted by Crippen LogP contribution is -2.24. The fourth-order valence-corrected chi connectivity index (χ4v) is 3.35. The van der Waals surface area contributed by atoms with Gasteiger partial charge in [-0.05, 0) is 63.2 Å². The zero-order chi connectivity index (χ0) is 24.8. The summed E-state index contributed by atoms with van der Waals surface area (Å²) >= 11 is 0. The molecule has 2 N–H and O–H groups in total. The first kappa shape index (κ1) is 23.7. The van der Waals surface area contributed by atoms with E-state index < -0.39 is 0 Å². The second-order valence-electron chi connectivity index (χ2n) is 8.10. The number of hydrogen-bond donors (Lipinski definition) is 2. The number of rotatable bonds is 8. The number of aryl methyl sites for hydroxylation is 3. The van der Waals surface area contributed by atoms with Crippen LogP contribution in [0.3, 0.4) is 0 Å². The van der Waals surface area contributed by atoms with Gasteiger partial charge in [-0.1, -0.05) is 29.8 Å². The highest BCUT2D eigenvalue weighted by molar-refractivity contribution is 5.93. The number of hydrogen-bond acceptors (Lipinski definition) is 6. The van der Waals surface area contributed by atoms with Gasteiger partial charge >= 0.3 is 0 Å². The molecule has 0 bridgehead atoms. The van der Waals surface area contributed by atoms with Gasteiger partial charge in [-0.25, -0.2) is 9.97 Å². The highest BCUT2D eigenvalue weighted by Crippen LogP contribution is 2.24. The van der Waals surface area contributed by atoms with Crippen LogP contribution < -0.4 is 15.4 Å². The second-order valence-corrected chi connectivity index (χ2v) is 8.10. The maximum atomic E-state index is 12.4. The zero-order valence-electron chi connectivity index (χ0n) is 19.8. The summed E-state index contributed by atoms with van der Waals surface area (Å²) in [6, 6.07) is 20.0. The van der Waals surface area contributed by atoms with E-state index >= 15 is 0 Å². The monoisotopic (exact) mass is 470 g/mol. The lowest BCUT2D eigenvalue weighted by atomic mass is 10.2. The Morgan fingerprint density at radius 1 is 0.943 bits per heavy atom. The van der Waals surface area contributed by atoms with E-state index in [1.165, 1.54) is 0 Å². The molecule has 0 saturated carbocycles. The number of ether oxygens (including phenoxy) is 1. The Kier molecular flexibility index (Phi) is 7.21. The minimum atomic E-state index is -0.282. The molecular formula is C27H26N4O4. The molecule has 0 unspecified atom stereocenters. The number of amides is 2. The topological polar surface area (TPSA) is 106 Å². The van der Waals surface area contributed by atoms with Gasteiger partial charge in [0.25, 0.3) is 11.8 Å². The van der Waals surface area contributed by atoms with E-state index in [-0.39, 0.29) is 25.0 Å². The summed E-state index contributed by atoms with van der Waals surface area (Å²) in [7, 11) is 0. The fourth-order valence-electron chi connectivity index (χ4n) is 3.35. The van der Waals surface area contributed by atoms with Gasteiger partial charge in [0, 0.05) is 16.9 Å². The number of carbonyl (C=O) groups is 2. The molecule has 4 aromatic rings. The molecule has 0 aliphatic heterocycles. The minimum Gasteiger partial charge on any atom is -0.484 e. The van der Waals surface area contributed by atoms with E-state index in [9.17, 15) is 9.59 Å². The maximum absolute atomic E-state index is 12.4. The molecule has 0 aliphatic carbocycles. The fraction of sp³-hybridized carbons (Fsp3) is 0.185. The molecule has 178 valence electrons. The molecule has 8 nitrogen and oxygen atoms in total. The molecule has 0 spiro atoms. The zero-order valence-corrected chi connectivity index (χ0v) is 19.8. The van der Waals surface area contributed by atoms with Crippen molar-refractivity contribution in [1.82, 2.24) is 15.3 Å². The summed E-state index contributed by atoms with van der Waals surface area (Å²) in [5, 5.41) is 5.64. The number of pyridine rings is 1. The quantitative estimate of drug-likeness (QED) is 0.390. The first-order chi connectivity index (χ1) is 16.9. The predicted octanol–water partition coefficient (Wildman–Crippen LogP) is 4.61. The molecule has 35 heavy (non-hydrogen) atoms. The van der Waals surface area contributed by atoms with Gasteiger partial charge in [-0.15, -0.1) is 0 Å². The molecule has 2 amide bonds. The van der Waals surface area contributed by atoms with Crippen molar-refractivity contribution in [3.8, 4) is 17.2 Å². The Labute approximate surface area is 203 Å². The Morgan fingerprint density at radius 2 is 1.71 bits per heavy atom. The van der Waals surface area contributed by atoms with Crippen molar-refractivity contribution in [3.05, 3.63) is 95.1 Å². The van der Waals surface area contributed by atoms with Crippen LogP contribution in [0.2, 0.25) is 0 Å². The molecule has 0 radical (unpaired) electrons. The van der Waals surface area contributed by atoms with Crippen LogP contribution in [0, 0.1) is 20.8 Å². The number of oxazole rings is 1. The van der Waals surface area contributed by atoms with Crippen LogP contribution in [-0.2, 0) is 11.3 Å². The van der Waals surface area contributed by atoms with Gasteiger partial charge in [0.05, 0.1) is 6.54 Å². The molecule has 0 atom stereocenters. The van der Waals surface area contributed by atoms with Crippen LogP contribution in [0.1, 0.15) is 33.2 Å². The molecule has 2 aromatic carbocycles. The van der Waals surface area contributed by atoms with Gasteiger partial charge in [0.15, 0.2) is 6.61 Å². The SMILES string of the molecule is Cc1ccc(OCC(=O)Nc2cccc(-c3nc(CNC(=O)c4cccc(C)n4)c(C)o3)c2)cc1. The first-order valence-electron chi connectivity index (χ1n) is 11.2. The Morgan fingerprint density at radius 3 is 2.49 bits per heavy atom. The minimum absolute atomic E-state index is 0.106. The normalized spacial score (nSPS) is 10.6. The number of nitrogens with zero attached hydrogens (tertiary/aromatic N) is 2. The van der Waals surface area contributed by atoms with E-state index in [0.29, 0.717) is 40.0 Å². The van der Waals surface area contributed by atoms with Crippen LogP contribution in [0.4, 0.5) is 5.69 Å². The van der Waals surface area contributed by atoms with Crippen molar-refractivity contribution >= 4 is 17.5 Å². The van der Waals surface area contributed by atoms with Crippen LogP contribution in [0.5, 0.6) is 5.75 Å². The van der Waals surface area contributed by atoms with Gasteiger partial charge in [0.2, 0.25) is 5.89 Å². The summed E-state index contributed by atoms with van der Waals surface area (Å²) in [5.74, 6) is 1.06. The number of carbonyl (C=O) groups excluding carboxylic acids is 2. The Balaban J connectivity index is 1.37. The molecular weight excluding hydrogens is 444 g/mol. The van der Waals surface area contributed by atoms with E-state index in [1.54, 1.807) is 37.3 Å². The van der Waals surface area contributed by atoms with E-state index in [1.807, 2.05) is 50.2 Å². The van der Waals surface area contributed by atoms with Gasteiger partial charge in [-0.3, -0.25) is 9.59 Å². The standard InChI is InChI=1S/C27H26N4O4/c1-17-10-12-22(13-11-17)34-16-25(32)30-21-8-5-7-20(14-21)27-31-24(19(3)35-27)15-28-26(33)23-9-4-6-18(2)29-23/h4-14H,15-16H2,1-3H3,(H,28,33)(H,30,32). The van der Waals surface area contributed by atoms with Crippen molar-refractivity contribution in [1.29, 1.82) is 0 Å². The third-order valence-corrected chi connectivity index (χ3v) is 5.21. The smallest absolute Gasteiger partial charge is 0.270 e. The average Bonchev–Trinajstić information content (AvgIpc) is 3.23. The van der Waals surface area contributed by atoms with Gasteiger partial charge in [-0.2, -0.15) is 0 Å². The van der Waals surface area contributed by atoms with Gasteiger partial charge in [0.1, 0.15) is 22.9 Å². The summed E-state index contributed by atoms with van der Waals surface area (Å²) in [4.78, 5) is 33.5. The lowest BCUT2D eigenvalue weighted by Gasteiger charge is -2.08. The molecule has 2 heterocycles. The summed E-state index contributed by atoms with van der Waals surface area (Å²) in [6.45, 7) is 5.71. The van der Waals surface area contributed by atoms with Gasteiger partial charge < -0.3 is 19.8 Å². The number of anilines is 1. The van der Waals surface area contributed by atoms with Crippen LogP contribution >= 0.6 is 0 Å².